The molecular weight excluding hydrogens is 985 g/mol. The van der Waals surface area contributed by atoms with E-state index in [0.717, 1.165) is 135 Å². The Hall–Kier alpha value is -4.19. The summed E-state index contributed by atoms with van der Waals surface area (Å²) in [7, 11) is 0. The van der Waals surface area contributed by atoms with Gasteiger partial charge < -0.3 is 14.2 Å². The number of allylic oxidation sites excluding steroid dienone is 20. The van der Waals surface area contributed by atoms with Crippen molar-refractivity contribution >= 4 is 17.9 Å². The number of hydrogen-bond donors (Lipinski definition) is 0. The fraction of sp³-hybridized carbons (Fsp3) is 0.689. The van der Waals surface area contributed by atoms with E-state index in [9.17, 15) is 14.4 Å². The Labute approximate surface area is 494 Å². The average molecular weight is 1110 g/mol. The molecule has 0 amide bonds. The topological polar surface area (TPSA) is 78.9 Å². The zero-order valence-corrected chi connectivity index (χ0v) is 52.3. The number of esters is 3. The van der Waals surface area contributed by atoms with Crippen LogP contribution < -0.4 is 0 Å². The molecule has 0 saturated heterocycles. The minimum atomic E-state index is -0.795. The maximum Gasteiger partial charge on any atom is 0.306 e. The van der Waals surface area contributed by atoms with Crippen molar-refractivity contribution in [3.8, 4) is 0 Å². The first-order valence-electron chi connectivity index (χ1n) is 33.5. The highest BCUT2D eigenvalue weighted by molar-refractivity contribution is 5.71. The maximum absolute atomic E-state index is 13.0. The van der Waals surface area contributed by atoms with Crippen molar-refractivity contribution in [2.24, 2.45) is 0 Å². The van der Waals surface area contributed by atoms with E-state index in [2.05, 4.69) is 142 Å². The largest absolute Gasteiger partial charge is 0.462 e. The van der Waals surface area contributed by atoms with Crippen molar-refractivity contribution in [1.29, 1.82) is 0 Å². The molecule has 0 radical (unpaired) electrons. The quantitative estimate of drug-likeness (QED) is 0.0261. The van der Waals surface area contributed by atoms with Gasteiger partial charge in [0.2, 0.25) is 0 Å². The second-order valence-electron chi connectivity index (χ2n) is 22.0. The summed E-state index contributed by atoms with van der Waals surface area (Å²) < 4.78 is 17.0. The molecule has 456 valence electrons. The summed E-state index contributed by atoms with van der Waals surface area (Å²) in [6, 6.07) is 0. The fourth-order valence-electron chi connectivity index (χ4n) is 9.26. The molecule has 0 spiro atoms. The van der Waals surface area contributed by atoms with Crippen LogP contribution in [0.25, 0.3) is 0 Å². The highest BCUT2D eigenvalue weighted by atomic mass is 16.6. The molecule has 1 atom stereocenters. The predicted molar refractivity (Wildman–Crippen MR) is 348 cm³/mol. The van der Waals surface area contributed by atoms with E-state index >= 15 is 0 Å². The van der Waals surface area contributed by atoms with Crippen LogP contribution in [0.3, 0.4) is 0 Å². The van der Waals surface area contributed by atoms with E-state index in [0.29, 0.717) is 19.3 Å². The van der Waals surface area contributed by atoms with E-state index in [1.807, 2.05) is 0 Å². The molecule has 6 heteroatoms. The zero-order chi connectivity index (χ0) is 57.8. The van der Waals surface area contributed by atoms with Gasteiger partial charge >= 0.3 is 17.9 Å². The van der Waals surface area contributed by atoms with E-state index in [1.54, 1.807) is 0 Å². The van der Waals surface area contributed by atoms with Gasteiger partial charge in [-0.15, -0.1) is 0 Å². The summed E-state index contributed by atoms with van der Waals surface area (Å²) in [4.78, 5) is 38.4. The molecule has 0 aliphatic rings. The summed E-state index contributed by atoms with van der Waals surface area (Å²) in [6.07, 6.45) is 93.4. The zero-order valence-electron chi connectivity index (χ0n) is 52.3. The Balaban J connectivity index is 4.43. The van der Waals surface area contributed by atoms with Crippen molar-refractivity contribution < 1.29 is 28.6 Å². The highest BCUT2D eigenvalue weighted by Gasteiger charge is 2.19. The molecule has 0 aliphatic carbocycles. The smallest absolute Gasteiger partial charge is 0.306 e. The Bertz CT molecular complexity index is 1650. The molecule has 0 saturated carbocycles. The van der Waals surface area contributed by atoms with Crippen molar-refractivity contribution in [2.45, 2.75) is 316 Å². The molecule has 0 heterocycles. The van der Waals surface area contributed by atoms with Crippen LogP contribution in [-0.4, -0.2) is 37.2 Å². The lowest BCUT2D eigenvalue weighted by atomic mass is 10.0. The highest BCUT2D eigenvalue weighted by Crippen LogP contribution is 2.17. The number of unbranched alkanes of at least 4 members (excludes halogenated alkanes) is 29. The van der Waals surface area contributed by atoms with Crippen LogP contribution in [0.5, 0.6) is 0 Å². The minimum Gasteiger partial charge on any atom is -0.462 e. The van der Waals surface area contributed by atoms with E-state index in [4.69, 9.17) is 14.2 Å². The molecule has 0 rings (SSSR count). The third-order valence-corrected chi connectivity index (χ3v) is 14.2. The molecule has 0 bridgehead atoms. The maximum atomic E-state index is 13.0. The monoisotopic (exact) mass is 1110 g/mol. The normalized spacial score (nSPS) is 12.9. The number of ether oxygens (including phenoxy) is 3. The number of hydrogen-bond acceptors (Lipinski definition) is 6. The average Bonchev–Trinajstić information content (AvgIpc) is 3.46. The molecule has 0 fully saturated rings. The van der Waals surface area contributed by atoms with Gasteiger partial charge in [0, 0.05) is 19.3 Å². The van der Waals surface area contributed by atoms with Gasteiger partial charge in [-0.25, -0.2) is 0 Å². The van der Waals surface area contributed by atoms with Crippen LogP contribution in [0.4, 0.5) is 0 Å². The second-order valence-corrected chi connectivity index (χ2v) is 22.0. The van der Waals surface area contributed by atoms with Crippen LogP contribution in [0, 0.1) is 0 Å². The fourth-order valence-corrected chi connectivity index (χ4v) is 9.26. The number of rotatable bonds is 60. The van der Waals surface area contributed by atoms with Gasteiger partial charge in [-0.1, -0.05) is 303 Å². The summed E-state index contributed by atoms with van der Waals surface area (Å²) in [6.45, 7) is 6.42. The van der Waals surface area contributed by atoms with Gasteiger partial charge in [0.1, 0.15) is 13.2 Å². The number of carbonyl (C=O) groups is 3. The van der Waals surface area contributed by atoms with E-state index in [-0.39, 0.29) is 31.1 Å². The molecule has 6 nitrogen and oxygen atoms in total. The first kappa shape index (κ1) is 75.8. The van der Waals surface area contributed by atoms with Gasteiger partial charge in [-0.2, -0.15) is 0 Å². The van der Waals surface area contributed by atoms with Crippen molar-refractivity contribution in [3.63, 3.8) is 0 Å². The minimum absolute atomic E-state index is 0.0876. The summed E-state index contributed by atoms with van der Waals surface area (Å²) in [5.41, 5.74) is 0. The molecule has 0 aromatic rings. The molecular formula is C74H124O6. The van der Waals surface area contributed by atoms with E-state index < -0.39 is 6.10 Å². The second kappa shape index (κ2) is 67.3. The Morgan fingerprint density at radius 2 is 0.487 bits per heavy atom. The Morgan fingerprint density at radius 1 is 0.263 bits per heavy atom. The molecule has 0 aliphatic heterocycles. The van der Waals surface area contributed by atoms with Gasteiger partial charge in [0.05, 0.1) is 0 Å². The third kappa shape index (κ3) is 64.6. The Kier molecular flexibility index (Phi) is 63.8. The summed E-state index contributed by atoms with van der Waals surface area (Å²) >= 11 is 0. The van der Waals surface area contributed by atoms with Gasteiger partial charge in [0.25, 0.3) is 0 Å². The first-order chi connectivity index (χ1) is 39.5. The van der Waals surface area contributed by atoms with Crippen molar-refractivity contribution in [2.75, 3.05) is 13.2 Å². The SMILES string of the molecule is CC/C=C\C/C=C\C/C=C\C/C=C\C/C=C\C/C=C\CCCCCCC(=O)OCC(COC(=O)CCCCCCCCCCCCCCCCCC)OC(=O)CCCCCCCCCCCC/C=C\C/C=C\C/C=C\C/C=C\CC. The summed E-state index contributed by atoms with van der Waals surface area (Å²) in [5, 5.41) is 0. The standard InChI is InChI=1S/C74H124O6/c1-4-7-10-13-16-19-22-25-28-31-33-35-37-39-41-43-46-49-52-55-58-61-64-67-73(76)79-70-71(69-78-72(75)66-63-60-57-54-51-48-45-30-27-24-21-18-15-12-9-6-3)80-74(77)68-65-62-59-56-53-50-47-44-42-40-38-36-34-32-29-26-23-20-17-14-11-8-5-2/h7-8,10-11,16-17,19-20,25-26,28-29,33-36,39,41,46,49,71H,4-6,9,12-15,18,21-24,27,30-32,37-38,40,42-45,47-48,50-70H2,1-3H3/b10-7-,11-8-,19-16-,20-17-,28-25-,29-26-,35-33-,36-34-,41-39-,49-46-. The van der Waals surface area contributed by atoms with Gasteiger partial charge in [-0.05, 0) is 109 Å². The van der Waals surface area contributed by atoms with Gasteiger partial charge in [0.15, 0.2) is 6.10 Å². The third-order valence-electron chi connectivity index (χ3n) is 14.2. The lowest BCUT2D eigenvalue weighted by molar-refractivity contribution is -0.167. The molecule has 80 heavy (non-hydrogen) atoms. The molecule has 1 unspecified atom stereocenters. The van der Waals surface area contributed by atoms with Crippen LogP contribution >= 0.6 is 0 Å². The van der Waals surface area contributed by atoms with Crippen molar-refractivity contribution in [3.05, 3.63) is 122 Å². The van der Waals surface area contributed by atoms with E-state index in [1.165, 1.54) is 135 Å². The van der Waals surface area contributed by atoms with Gasteiger partial charge in [-0.3, -0.25) is 14.4 Å². The lowest BCUT2D eigenvalue weighted by Crippen LogP contribution is -2.30. The molecule has 0 aromatic carbocycles. The molecule has 0 aromatic heterocycles. The number of carbonyl (C=O) groups excluding carboxylic acids is 3. The van der Waals surface area contributed by atoms with Crippen LogP contribution in [0.1, 0.15) is 310 Å². The van der Waals surface area contributed by atoms with Crippen LogP contribution in [-0.2, 0) is 28.6 Å². The predicted octanol–water partition coefficient (Wildman–Crippen LogP) is 23.2. The van der Waals surface area contributed by atoms with Crippen molar-refractivity contribution in [1.82, 2.24) is 0 Å². The van der Waals surface area contributed by atoms with Crippen LogP contribution in [0.15, 0.2) is 122 Å². The lowest BCUT2D eigenvalue weighted by Gasteiger charge is -2.18. The first-order valence-corrected chi connectivity index (χ1v) is 33.5. The van der Waals surface area contributed by atoms with Crippen LogP contribution in [0.2, 0.25) is 0 Å². The summed E-state index contributed by atoms with van der Waals surface area (Å²) in [5.74, 6) is -0.907. The Morgan fingerprint density at radius 3 is 0.762 bits per heavy atom. The molecule has 0 N–H and O–H groups in total.